The van der Waals surface area contributed by atoms with Crippen molar-refractivity contribution in [2.75, 3.05) is 24.7 Å². The molecule has 120 valence electrons. The van der Waals surface area contributed by atoms with Crippen LogP contribution in [0.3, 0.4) is 0 Å². The molecule has 2 heterocycles. The van der Waals surface area contributed by atoms with Gasteiger partial charge in [0.1, 0.15) is 6.04 Å². The number of hydrogen-bond donors (Lipinski definition) is 1. The molecule has 7 heteroatoms. The van der Waals surface area contributed by atoms with Gasteiger partial charge in [-0.1, -0.05) is 28.5 Å². The molecule has 1 N–H and O–H groups in total. The normalized spacial score (nSPS) is 27.0. The van der Waals surface area contributed by atoms with Gasteiger partial charge in [0.2, 0.25) is 5.91 Å². The van der Waals surface area contributed by atoms with Crippen molar-refractivity contribution in [3.63, 3.8) is 0 Å². The van der Waals surface area contributed by atoms with E-state index < -0.39 is 12.0 Å². The van der Waals surface area contributed by atoms with Gasteiger partial charge in [0.15, 0.2) is 0 Å². The smallest absolute Gasteiger partial charge is 0.326 e. The molecule has 2 aliphatic rings. The van der Waals surface area contributed by atoms with E-state index in [9.17, 15) is 9.59 Å². The molecule has 0 bridgehead atoms. The van der Waals surface area contributed by atoms with Gasteiger partial charge in [0, 0.05) is 30.6 Å². The third-order valence-corrected chi connectivity index (χ3v) is 6.55. The lowest BCUT2D eigenvalue weighted by molar-refractivity contribution is -0.149. The summed E-state index contributed by atoms with van der Waals surface area (Å²) >= 11 is 0. The summed E-state index contributed by atoms with van der Waals surface area (Å²) in [5.41, 5.74) is 0. The number of carbonyl (C=O) groups is 2. The van der Waals surface area contributed by atoms with Gasteiger partial charge in [0.05, 0.1) is 6.10 Å². The number of hydrogen-bond acceptors (Lipinski definition) is 5. The lowest BCUT2D eigenvalue weighted by Gasteiger charge is -2.24. The van der Waals surface area contributed by atoms with Crippen molar-refractivity contribution >= 4 is 33.5 Å². The van der Waals surface area contributed by atoms with Crippen LogP contribution >= 0.6 is 21.6 Å². The summed E-state index contributed by atoms with van der Waals surface area (Å²) in [6.07, 6.45) is 4.01. The molecule has 1 amide bonds. The zero-order valence-electron chi connectivity index (χ0n) is 12.3. The molecular weight excluding hydrogens is 310 g/mol. The fourth-order valence-electron chi connectivity index (χ4n) is 2.69. The fraction of sp³-hybridized carbons (Fsp3) is 0.857. The predicted octanol–water partition coefficient (Wildman–Crippen LogP) is 2.26. The Labute approximate surface area is 133 Å². The van der Waals surface area contributed by atoms with Crippen molar-refractivity contribution in [2.24, 2.45) is 5.92 Å². The molecular formula is C14H23NO4S2. The SMILES string of the molecule is C[C@H](CSSCC1CCCO1)C(=O)N1CCC[C@H]1C(=O)O. The summed E-state index contributed by atoms with van der Waals surface area (Å²) in [4.78, 5) is 25.0. The van der Waals surface area contributed by atoms with Gasteiger partial charge < -0.3 is 14.7 Å². The number of likely N-dealkylation sites (tertiary alicyclic amines) is 1. The van der Waals surface area contributed by atoms with Gasteiger partial charge in [-0.05, 0) is 25.7 Å². The molecule has 2 saturated heterocycles. The van der Waals surface area contributed by atoms with Crippen molar-refractivity contribution in [2.45, 2.75) is 44.8 Å². The van der Waals surface area contributed by atoms with Gasteiger partial charge in [-0.25, -0.2) is 4.79 Å². The Morgan fingerprint density at radius 3 is 2.81 bits per heavy atom. The van der Waals surface area contributed by atoms with E-state index in [1.165, 1.54) is 4.90 Å². The molecule has 0 aromatic rings. The van der Waals surface area contributed by atoms with Crippen molar-refractivity contribution in [3.05, 3.63) is 0 Å². The van der Waals surface area contributed by atoms with Gasteiger partial charge in [-0.15, -0.1) is 0 Å². The summed E-state index contributed by atoms with van der Waals surface area (Å²) < 4.78 is 5.55. The van der Waals surface area contributed by atoms with Gasteiger partial charge in [-0.2, -0.15) is 0 Å². The Hall–Kier alpha value is -0.400. The highest BCUT2D eigenvalue weighted by molar-refractivity contribution is 8.76. The highest BCUT2D eigenvalue weighted by Gasteiger charge is 2.35. The average molecular weight is 333 g/mol. The van der Waals surface area contributed by atoms with E-state index in [4.69, 9.17) is 9.84 Å². The minimum Gasteiger partial charge on any atom is -0.480 e. The lowest BCUT2D eigenvalue weighted by Crippen LogP contribution is -2.43. The summed E-state index contributed by atoms with van der Waals surface area (Å²) in [5, 5.41) is 9.13. The minimum absolute atomic E-state index is 0.0230. The van der Waals surface area contributed by atoms with Crippen LogP contribution in [0.25, 0.3) is 0 Å². The third-order valence-electron chi connectivity index (χ3n) is 3.92. The Morgan fingerprint density at radius 2 is 2.14 bits per heavy atom. The molecule has 0 aromatic heterocycles. The molecule has 2 fully saturated rings. The first-order valence-electron chi connectivity index (χ1n) is 7.49. The Morgan fingerprint density at radius 1 is 1.33 bits per heavy atom. The van der Waals surface area contributed by atoms with E-state index >= 15 is 0 Å². The quantitative estimate of drug-likeness (QED) is 0.569. The standard InChI is InChI=1S/C14H23NO4S2/c1-10(8-20-21-9-11-4-3-7-19-11)13(16)15-6-2-5-12(15)14(17)18/h10-12H,2-9H2,1H3,(H,17,18)/t10-,11?,12+/m1/s1. The number of nitrogens with zero attached hydrogens (tertiary/aromatic N) is 1. The molecule has 5 nitrogen and oxygen atoms in total. The predicted molar refractivity (Wildman–Crippen MR) is 85.4 cm³/mol. The van der Waals surface area contributed by atoms with Crippen LogP contribution in [0.1, 0.15) is 32.6 Å². The van der Waals surface area contributed by atoms with Crippen LogP contribution in [0.2, 0.25) is 0 Å². The van der Waals surface area contributed by atoms with E-state index in [1.807, 2.05) is 6.92 Å². The topological polar surface area (TPSA) is 66.8 Å². The average Bonchev–Trinajstić information content (AvgIpc) is 3.13. The molecule has 0 aromatic carbocycles. The van der Waals surface area contributed by atoms with Crippen LogP contribution in [0.5, 0.6) is 0 Å². The van der Waals surface area contributed by atoms with Crippen LogP contribution in [0.4, 0.5) is 0 Å². The van der Waals surface area contributed by atoms with E-state index in [0.717, 1.165) is 37.4 Å². The van der Waals surface area contributed by atoms with E-state index in [1.54, 1.807) is 21.6 Å². The van der Waals surface area contributed by atoms with E-state index in [-0.39, 0.29) is 11.8 Å². The van der Waals surface area contributed by atoms with Gasteiger partial charge in [-0.3, -0.25) is 4.79 Å². The zero-order valence-corrected chi connectivity index (χ0v) is 14.0. The highest BCUT2D eigenvalue weighted by Crippen LogP contribution is 2.29. The molecule has 2 aliphatic heterocycles. The molecule has 2 rings (SSSR count). The number of ether oxygens (including phenoxy) is 1. The van der Waals surface area contributed by atoms with Crippen molar-refractivity contribution in [3.8, 4) is 0 Å². The summed E-state index contributed by atoms with van der Waals surface area (Å²) in [5.74, 6) is 0.650. The summed E-state index contributed by atoms with van der Waals surface area (Å²) in [6, 6.07) is -0.621. The van der Waals surface area contributed by atoms with E-state index in [2.05, 4.69) is 0 Å². The van der Waals surface area contributed by atoms with Crippen LogP contribution in [0, 0.1) is 5.92 Å². The van der Waals surface area contributed by atoms with E-state index in [0.29, 0.717) is 19.1 Å². The highest BCUT2D eigenvalue weighted by atomic mass is 33.1. The maximum atomic E-state index is 12.3. The Kier molecular flexibility index (Phi) is 6.70. The molecule has 0 saturated carbocycles. The van der Waals surface area contributed by atoms with Gasteiger partial charge >= 0.3 is 5.97 Å². The fourth-order valence-corrected chi connectivity index (χ4v) is 5.29. The van der Waals surface area contributed by atoms with Crippen molar-refractivity contribution in [1.82, 2.24) is 4.90 Å². The molecule has 21 heavy (non-hydrogen) atoms. The minimum atomic E-state index is -0.881. The molecule has 1 unspecified atom stereocenters. The Balaban J connectivity index is 1.68. The molecule has 3 atom stereocenters. The Bertz CT molecular complexity index is 374. The van der Waals surface area contributed by atoms with Crippen molar-refractivity contribution < 1.29 is 19.4 Å². The van der Waals surface area contributed by atoms with Crippen LogP contribution < -0.4 is 0 Å². The first-order valence-corrected chi connectivity index (χ1v) is 9.97. The molecule has 0 spiro atoms. The van der Waals surface area contributed by atoms with Crippen LogP contribution in [0.15, 0.2) is 0 Å². The largest absolute Gasteiger partial charge is 0.480 e. The lowest BCUT2D eigenvalue weighted by atomic mass is 10.1. The number of carboxylic acid groups (broad SMARTS) is 1. The van der Waals surface area contributed by atoms with Crippen molar-refractivity contribution in [1.29, 1.82) is 0 Å². The summed E-state index contributed by atoms with van der Waals surface area (Å²) in [7, 11) is 3.44. The molecule has 0 radical (unpaired) electrons. The number of amides is 1. The number of carboxylic acids is 1. The number of carbonyl (C=O) groups excluding carboxylic acids is 1. The third kappa shape index (κ3) is 4.79. The maximum Gasteiger partial charge on any atom is 0.326 e. The number of rotatable bonds is 7. The number of aliphatic carboxylic acids is 1. The second-order valence-electron chi connectivity index (χ2n) is 5.63. The second-order valence-corrected chi connectivity index (χ2v) is 8.19. The summed E-state index contributed by atoms with van der Waals surface area (Å²) in [6.45, 7) is 3.34. The second kappa shape index (κ2) is 8.29. The first-order chi connectivity index (χ1) is 10.1. The maximum absolute atomic E-state index is 12.3. The van der Waals surface area contributed by atoms with Gasteiger partial charge in [0.25, 0.3) is 0 Å². The first kappa shape index (κ1) is 17.0. The zero-order chi connectivity index (χ0) is 15.2. The van der Waals surface area contributed by atoms with Crippen LogP contribution in [-0.2, 0) is 14.3 Å². The monoisotopic (exact) mass is 333 g/mol. The van der Waals surface area contributed by atoms with Crippen LogP contribution in [-0.4, -0.2) is 58.7 Å². The molecule has 0 aliphatic carbocycles.